The van der Waals surface area contributed by atoms with Gasteiger partial charge in [0.1, 0.15) is 0 Å². The molecule has 84 valence electrons. The van der Waals surface area contributed by atoms with Crippen LogP contribution in [0.2, 0.25) is 0 Å². The molecule has 0 aliphatic heterocycles. The number of halogens is 1. The molecule has 16 heavy (non-hydrogen) atoms. The highest BCUT2D eigenvalue weighted by Crippen LogP contribution is 2.22. The van der Waals surface area contributed by atoms with E-state index < -0.39 is 0 Å². The predicted molar refractivity (Wildman–Crippen MR) is 71.8 cm³/mol. The minimum atomic E-state index is 0.669. The van der Waals surface area contributed by atoms with Gasteiger partial charge in [-0.05, 0) is 18.2 Å². The third-order valence-electron chi connectivity index (χ3n) is 2.28. The zero-order chi connectivity index (χ0) is 11.4. The van der Waals surface area contributed by atoms with E-state index in [-0.39, 0.29) is 0 Å². The Kier molecular flexibility index (Phi) is 4.09. The molecule has 0 saturated heterocycles. The third kappa shape index (κ3) is 2.90. The van der Waals surface area contributed by atoms with Gasteiger partial charge in [-0.15, -0.1) is 11.3 Å². The minimum Gasteiger partial charge on any atom is -0.330 e. The van der Waals surface area contributed by atoms with Gasteiger partial charge in [0.05, 0.1) is 5.01 Å². The first kappa shape index (κ1) is 11.8. The number of rotatable bonds is 4. The lowest BCUT2D eigenvalue weighted by Crippen LogP contribution is -2.01. The summed E-state index contributed by atoms with van der Waals surface area (Å²) in [6, 6.07) is 8.28. The second-order valence-electron chi connectivity index (χ2n) is 3.53. The molecule has 0 aliphatic rings. The van der Waals surface area contributed by atoms with Crippen LogP contribution in [0.25, 0.3) is 0 Å². The summed E-state index contributed by atoms with van der Waals surface area (Å²) in [5.41, 5.74) is 6.80. The molecule has 2 aromatic rings. The molecule has 0 atom stereocenters. The predicted octanol–water partition coefficient (Wildman–Crippen LogP) is 3.00. The van der Waals surface area contributed by atoms with Crippen molar-refractivity contribution in [2.45, 2.75) is 12.8 Å². The molecule has 1 aromatic carbocycles. The maximum Gasteiger partial charge on any atom is 0.0940 e. The van der Waals surface area contributed by atoms with E-state index in [0.29, 0.717) is 6.54 Å². The van der Waals surface area contributed by atoms with Crippen molar-refractivity contribution in [1.29, 1.82) is 0 Å². The van der Waals surface area contributed by atoms with E-state index in [9.17, 15) is 0 Å². The summed E-state index contributed by atoms with van der Waals surface area (Å²) in [5, 5.41) is 1.13. The van der Waals surface area contributed by atoms with E-state index in [1.165, 1.54) is 10.4 Å². The van der Waals surface area contributed by atoms with Gasteiger partial charge in [0.15, 0.2) is 0 Å². The van der Waals surface area contributed by atoms with Crippen LogP contribution in [0.3, 0.4) is 0 Å². The third-order valence-corrected chi connectivity index (χ3v) is 4.11. The molecule has 0 aliphatic carbocycles. The van der Waals surface area contributed by atoms with Crippen molar-refractivity contribution in [2.24, 2.45) is 5.73 Å². The zero-order valence-corrected chi connectivity index (χ0v) is 11.2. The van der Waals surface area contributed by atoms with Crippen LogP contribution in [0, 0.1) is 0 Å². The number of benzene rings is 1. The van der Waals surface area contributed by atoms with Crippen molar-refractivity contribution in [2.75, 3.05) is 6.54 Å². The standard InChI is InChI=1S/C12H13BrN2S/c13-11-4-2-1-3-9(11)7-10-8-15-12(16-10)5-6-14/h1-4,8H,5-7,14H2. The SMILES string of the molecule is NCCc1ncc(Cc2ccccc2Br)s1. The fraction of sp³-hybridized carbons (Fsp3) is 0.250. The van der Waals surface area contributed by atoms with Crippen molar-refractivity contribution in [3.63, 3.8) is 0 Å². The number of thiazole rings is 1. The lowest BCUT2D eigenvalue weighted by atomic mass is 10.1. The number of hydrogen-bond acceptors (Lipinski definition) is 3. The lowest BCUT2D eigenvalue weighted by molar-refractivity contribution is 0.952. The van der Waals surface area contributed by atoms with E-state index >= 15 is 0 Å². The largest absolute Gasteiger partial charge is 0.330 e. The van der Waals surface area contributed by atoms with Gasteiger partial charge in [0, 0.05) is 28.4 Å². The molecule has 4 heteroatoms. The van der Waals surface area contributed by atoms with Crippen LogP contribution in [0.1, 0.15) is 15.4 Å². The molecule has 0 spiro atoms. The van der Waals surface area contributed by atoms with Crippen molar-refractivity contribution in [1.82, 2.24) is 4.98 Å². The molecular weight excluding hydrogens is 284 g/mol. The molecule has 1 aromatic heterocycles. The van der Waals surface area contributed by atoms with Crippen molar-refractivity contribution in [3.8, 4) is 0 Å². The Hall–Kier alpha value is -0.710. The van der Waals surface area contributed by atoms with Gasteiger partial charge in [-0.3, -0.25) is 0 Å². The summed E-state index contributed by atoms with van der Waals surface area (Å²) in [6.45, 7) is 0.669. The summed E-state index contributed by atoms with van der Waals surface area (Å²) in [7, 11) is 0. The molecule has 0 fully saturated rings. The van der Waals surface area contributed by atoms with Crippen LogP contribution in [0.15, 0.2) is 34.9 Å². The zero-order valence-electron chi connectivity index (χ0n) is 8.82. The fourth-order valence-corrected chi connectivity index (χ4v) is 2.88. The number of nitrogens with two attached hydrogens (primary N) is 1. The second-order valence-corrected chi connectivity index (χ2v) is 5.58. The molecule has 0 amide bonds. The normalized spacial score (nSPS) is 10.6. The van der Waals surface area contributed by atoms with E-state index in [0.717, 1.165) is 22.3 Å². The van der Waals surface area contributed by atoms with Crippen LogP contribution < -0.4 is 5.73 Å². The Balaban J connectivity index is 2.11. The van der Waals surface area contributed by atoms with Gasteiger partial charge in [-0.25, -0.2) is 4.98 Å². The first-order valence-electron chi connectivity index (χ1n) is 5.16. The summed E-state index contributed by atoms with van der Waals surface area (Å²) >= 11 is 5.30. The smallest absolute Gasteiger partial charge is 0.0940 e. The van der Waals surface area contributed by atoms with Crippen molar-refractivity contribution >= 4 is 27.3 Å². The Labute approximate surface area is 108 Å². The average Bonchev–Trinajstić information content (AvgIpc) is 2.70. The molecule has 0 saturated carbocycles. The Morgan fingerprint density at radius 3 is 2.88 bits per heavy atom. The fourth-order valence-electron chi connectivity index (χ4n) is 1.50. The quantitative estimate of drug-likeness (QED) is 0.942. The van der Waals surface area contributed by atoms with E-state index in [4.69, 9.17) is 5.73 Å². The number of nitrogens with zero attached hydrogens (tertiary/aromatic N) is 1. The maximum atomic E-state index is 5.51. The summed E-state index contributed by atoms with van der Waals surface area (Å²) < 4.78 is 1.16. The number of aromatic nitrogens is 1. The van der Waals surface area contributed by atoms with Crippen LogP contribution >= 0.6 is 27.3 Å². The van der Waals surface area contributed by atoms with Crippen molar-refractivity contribution in [3.05, 3.63) is 50.4 Å². The van der Waals surface area contributed by atoms with Gasteiger partial charge >= 0.3 is 0 Å². The van der Waals surface area contributed by atoms with E-state index in [2.05, 4.69) is 39.1 Å². The van der Waals surface area contributed by atoms with Gasteiger partial charge in [-0.2, -0.15) is 0 Å². The minimum absolute atomic E-state index is 0.669. The topological polar surface area (TPSA) is 38.9 Å². The average molecular weight is 297 g/mol. The summed E-state index contributed by atoms with van der Waals surface area (Å²) in [4.78, 5) is 5.64. The molecule has 1 heterocycles. The number of hydrogen-bond donors (Lipinski definition) is 1. The second kappa shape index (κ2) is 5.57. The van der Waals surface area contributed by atoms with Crippen LogP contribution in [-0.2, 0) is 12.8 Å². The Morgan fingerprint density at radius 1 is 1.31 bits per heavy atom. The highest BCUT2D eigenvalue weighted by Gasteiger charge is 2.04. The summed E-state index contributed by atoms with van der Waals surface area (Å²) in [6.07, 6.45) is 3.76. The monoisotopic (exact) mass is 296 g/mol. The van der Waals surface area contributed by atoms with Gasteiger partial charge in [0.2, 0.25) is 0 Å². The Bertz CT molecular complexity index is 468. The van der Waals surface area contributed by atoms with Gasteiger partial charge < -0.3 is 5.73 Å². The molecular formula is C12H13BrN2S. The molecule has 2 rings (SSSR count). The van der Waals surface area contributed by atoms with Gasteiger partial charge in [-0.1, -0.05) is 34.1 Å². The maximum absolute atomic E-state index is 5.51. The first-order valence-corrected chi connectivity index (χ1v) is 6.77. The Morgan fingerprint density at radius 2 is 2.12 bits per heavy atom. The molecule has 2 N–H and O–H groups in total. The van der Waals surface area contributed by atoms with E-state index in [1.54, 1.807) is 11.3 Å². The molecule has 0 radical (unpaired) electrons. The highest BCUT2D eigenvalue weighted by atomic mass is 79.9. The van der Waals surface area contributed by atoms with Crippen LogP contribution in [0.5, 0.6) is 0 Å². The molecule has 2 nitrogen and oxygen atoms in total. The van der Waals surface area contributed by atoms with Gasteiger partial charge in [0.25, 0.3) is 0 Å². The van der Waals surface area contributed by atoms with E-state index in [1.807, 2.05) is 12.3 Å². The highest BCUT2D eigenvalue weighted by molar-refractivity contribution is 9.10. The first-order chi connectivity index (χ1) is 7.79. The molecule has 0 unspecified atom stereocenters. The van der Waals surface area contributed by atoms with Crippen LogP contribution in [-0.4, -0.2) is 11.5 Å². The molecule has 0 bridgehead atoms. The summed E-state index contributed by atoms with van der Waals surface area (Å²) in [5.74, 6) is 0. The van der Waals surface area contributed by atoms with Crippen LogP contribution in [0.4, 0.5) is 0 Å². The lowest BCUT2D eigenvalue weighted by Gasteiger charge is -2.00. The van der Waals surface area contributed by atoms with Crippen molar-refractivity contribution < 1.29 is 0 Å².